The Morgan fingerprint density at radius 3 is 1.85 bits per heavy atom. The lowest BCUT2D eigenvalue weighted by molar-refractivity contribution is 0.677. The zero-order valence-electron chi connectivity index (χ0n) is 29.0. The van der Waals surface area contributed by atoms with E-state index in [9.17, 15) is 0 Å². The molecule has 0 spiro atoms. The highest BCUT2D eigenvalue weighted by atomic mass is 16.3. The van der Waals surface area contributed by atoms with Crippen LogP contribution < -0.4 is 0 Å². The summed E-state index contributed by atoms with van der Waals surface area (Å²) < 4.78 is 9.29. The first-order chi connectivity index (χ1) is 26.8. The second-order valence-electron chi connectivity index (χ2n) is 14.1. The third kappa shape index (κ3) is 4.08. The number of benzene rings is 9. The number of para-hydroxylation sites is 1. The predicted molar refractivity (Wildman–Crippen MR) is 225 cm³/mol. The number of nitrogens with zero attached hydrogens (tertiary/aromatic N) is 3. The molecule has 0 unspecified atom stereocenters. The highest BCUT2D eigenvalue weighted by Gasteiger charge is 2.23. The van der Waals surface area contributed by atoms with E-state index in [1.165, 1.54) is 21.7 Å². The Labute approximate surface area is 309 Å². The summed E-state index contributed by atoms with van der Waals surface area (Å²) >= 11 is 0. The van der Waals surface area contributed by atoms with Crippen LogP contribution >= 0.6 is 0 Å². The summed E-state index contributed by atoms with van der Waals surface area (Å²) in [7, 11) is 0. The molecule has 0 fully saturated rings. The fourth-order valence-electron chi connectivity index (χ4n) is 8.78. The van der Waals surface area contributed by atoms with E-state index < -0.39 is 0 Å². The molecule has 3 heterocycles. The fraction of sp³-hybridized carbons (Fsp3) is 0. The molecule has 12 rings (SSSR count). The standard InChI is InChI=1S/C50H29N3O/c1-2-13-30(14-3-1)32-16-12-17-33(29-32)46-41-26-25-31-15-4-5-18-34(31)47(41)52-50(51-46)53-42-24-11-10-23-39(42)45-43(53)28-27-40-44-37-21-8-6-19-35(37)36-20-7-9-22-38(36)48(44)54-49(40)45/h1-29H. The average molecular weight is 688 g/mol. The molecule has 0 N–H and O–H groups in total. The second kappa shape index (κ2) is 11.1. The first-order valence-corrected chi connectivity index (χ1v) is 18.3. The van der Waals surface area contributed by atoms with Crippen molar-refractivity contribution in [3.8, 4) is 28.3 Å². The van der Waals surface area contributed by atoms with E-state index in [4.69, 9.17) is 14.4 Å². The van der Waals surface area contributed by atoms with Gasteiger partial charge in [-0.3, -0.25) is 4.57 Å². The molecule has 0 aliphatic rings. The summed E-state index contributed by atoms with van der Waals surface area (Å²) in [5.41, 5.74) is 8.99. The van der Waals surface area contributed by atoms with Crippen molar-refractivity contribution in [2.45, 2.75) is 0 Å². The van der Waals surface area contributed by atoms with Crippen molar-refractivity contribution in [2.24, 2.45) is 0 Å². The molecule has 54 heavy (non-hydrogen) atoms. The number of hydrogen-bond donors (Lipinski definition) is 0. The molecule has 3 aromatic heterocycles. The van der Waals surface area contributed by atoms with Gasteiger partial charge in [-0.25, -0.2) is 9.97 Å². The summed E-state index contributed by atoms with van der Waals surface area (Å²) in [6.07, 6.45) is 0. The quantitative estimate of drug-likeness (QED) is 0.174. The maximum atomic E-state index is 7.07. The Bertz CT molecular complexity index is 3500. The SMILES string of the molecule is c1ccc(-c2cccc(-c3nc(-n4c5ccccc5c5c6oc7c8ccccc8c8ccccc8c7c6ccc54)nc4c3ccc3ccccc34)c2)cc1. The van der Waals surface area contributed by atoms with Gasteiger partial charge in [-0.05, 0) is 63.0 Å². The minimum absolute atomic E-state index is 0.622. The highest BCUT2D eigenvalue weighted by molar-refractivity contribution is 6.33. The van der Waals surface area contributed by atoms with Crippen LogP contribution in [0.4, 0.5) is 0 Å². The number of hydrogen-bond acceptors (Lipinski definition) is 3. The maximum absolute atomic E-state index is 7.07. The molecule has 4 heteroatoms. The van der Waals surface area contributed by atoms with Crippen LogP contribution in [0.15, 0.2) is 180 Å². The molecule has 0 saturated carbocycles. The van der Waals surface area contributed by atoms with E-state index in [-0.39, 0.29) is 0 Å². The van der Waals surface area contributed by atoms with Crippen LogP contribution in [0.25, 0.3) is 115 Å². The van der Waals surface area contributed by atoms with Gasteiger partial charge in [0.05, 0.1) is 27.6 Å². The number of rotatable bonds is 3. The fourth-order valence-corrected chi connectivity index (χ4v) is 8.78. The maximum Gasteiger partial charge on any atom is 0.235 e. The minimum Gasteiger partial charge on any atom is -0.455 e. The van der Waals surface area contributed by atoms with Gasteiger partial charge in [-0.1, -0.05) is 146 Å². The minimum atomic E-state index is 0.622. The van der Waals surface area contributed by atoms with Crippen molar-refractivity contribution < 1.29 is 4.42 Å². The second-order valence-corrected chi connectivity index (χ2v) is 14.1. The van der Waals surface area contributed by atoms with Gasteiger partial charge in [0, 0.05) is 37.9 Å². The van der Waals surface area contributed by atoms with Crippen molar-refractivity contribution in [1.82, 2.24) is 14.5 Å². The van der Waals surface area contributed by atoms with Crippen molar-refractivity contribution in [2.75, 3.05) is 0 Å². The topological polar surface area (TPSA) is 43.9 Å². The molecular formula is C50H29N3O. The Kier molecular flexibility index (Phi) is 6.02. The van der Waals surface area contributed by atoms with E-state index in [0.29, 0.717) is 5.95 Å². The summed E-state index contributed by atoms with van der Waals surface area (Å²) in [5, 5.41) is 12.4. The zero-order chi connectivity index (χ0) is 35.3. The molecule has 0 radical (unpaired) electrons. The van der Waals surface area contributed by atoms with Gasteiger partial charge >= 0.3 is 0 Å². The molecule has 0 amide bonds. The van der Waals surface area contributed by atoms with E-state index >= 15 is 0 Å². The lowest BCUT2D eigenvalue weighted by Gasteiger charge is -2.14. The van der Waals surface area contributed by atoms with Crippen LogP contribution in [-0.2, 0) is 0 Å². The summed E-state index contributed by atoms with van der Waals surface area (Å²) in [4.78, 5) is 10.9. The van der Waals surface area contributed by atoms with E-state index in [0.717, 1.165) is 87.6 Å². The molecule has 0 saturated heterocycles. The van der Waals surface area contributed by atoms with Gasteiger partial charge in [-0.2, -0.15) is 0 Å². The summed E-state index contributed by atoms with van der Waals surface area (Å²) in [5.74, 6) is 0.622. The van der Waals surface area contributed by atoms with Gasteiger partial charge in [0.2, 0.25) is 5.95 Å². The molecule has 4 nitrogen and oxygen atoms in total. The molecule has 0 aliphatic carbocycles. The number of fused-ring (bicyclic) bond motifs is 15. The van der Waals surface area contributed by atoms with Gasteiger partial charge in [-0.15, -0.1) is 0 Å². The van der Waals surface area contributed by atoms with Crippen molar-refractivity contribution in [3.63, 3.8) is 0 Å². The van der Waals surface area contributed by atoms with Gasteiger partial charge in [0.1, 0.15) is 11.2 Å². The van der Waals surface area contributed by atoms with Crippen LogP contribution in [-0.4, -0.2) is 14.5 Å². The Morgan fingerprint density at radius 1 is 0.370 bits per heavy atom. The smallest absolute Gasteiger partial charge is 0.235 e. The number of furan rings is 1. The third-order valence-electron chi connectivity index (χ3n) is 11.2. The molecule has 0 bridgehead atoms. The van der Waals surface area contributed by atoms with E-state index in [2.05, 4.69) is 180 Å². The summed E-state index contributed by atoms with van der Waals surface area (Å²) in [6.45, 7) is 0. The van der Waals surface area contributed by atoms with Crippen LogP contribution in [0.1, 0.15) is 0 Å². The third-order valence-corrected chi connectivity index (χ3v) is 11.2. The first-order valence-electron chi connectivity index (χ1n) is 18.3. The Morgan fingerprint density at radius 2 is 1.00 bits per heavy atom. The predicted octanol–water partition coefficient (Wildman–Crippen LogP) is 13.4. The van der Waals surface area contributed by atoms with Crippen molar-refractivity contribution >= 4 is 87.0 Å². The molecule has 12 aromatic rings. The lowest BCUT2D eigenvalue weighted by atomic mass is 9.96. The normalized spacial score (nSPS) is 12.1. The van der Waals surface area contributed by atoms with Crippen molar-refractivity contribution in [1.29, 1.82) is 0 Å². The molecule has 0 aliphatic heterocycles. The van der Waals surface area contributed by atoms with Gasteiger partial charge in [0.15, 0.2) is 0 Å². The molecule has 0 atom stereocenters. The molecular weight excluding hydrogens is 659 g/mol. The van der Waals surface area contributed by atoms with Crippen LogP contribution in [0.5, 0.6) is 0 Å². The molecule has 9 aromatic carbocycles. The van der Waals surface area contributed by atoms with Crippen LogP contribution in [0, 0.1) is 0 Å². The number of aromatic nitrogens is 3. The van der Waals surface area contributed by atoms with Gasteiger partial charge in [0.25, 0.3) is 0 Å². The Hall–Kier alpha value is -7.30. The first kappa shape index (κ1) is 29.3. The monoisotopic (exact) mass is 687 g/mol. The van der Waals surface area contributed by atoms with E-state index in [1.54, 1.807) is 0 Å². The van der Waals surface area contributed by atoms with E-state index in [1.807, 2.05) is 0 Å². The van der Waals surface area contributed by atoms with Crippen LogP contribution in [0.3, 0.4) is 0 Å². The Balaban J connectivity index is 1.20. The van der Waals surface area contributed by atoms with Crippen LogP contribution in [0.2, 0.25) is 0 Å². The van der Waals surface area contributed by atoms with Gasteiger partial charge < -0.3 is 4.42 Å². The lowest BCUT2D eigenvalue weighted by Crippen LogP contribution is -2.04. The highest BCUT2D eigenvalue weighted by Crippen LogP contribution is 2.45. The molecule has 250 valence electrons. The average Bonchev–Trinajstić information content (AvgIpc) is 3.80. The summed E-state index contributed by atoms with van der Waals surface area (Å²) in [6, 6.07) is 62.3. The zero-order valence-corrected chi connectivity index (χ0v) is 29.0. The van der Waals surface area contributed by atoms with Crippen molar-refractivity contribution in [3.05, 3.63) is 176 Å². The largest absolute Gasteiger partial charge is 0.455 e.